The lowest BCUT2D eigenvalue weighted by Gasteiger charge is -2.15. The molecule has 0 unspecified atom stereocenters. The van der Waals surface area contributed by atoms with Crippen LogP contribution in [0, 0.1) is 0 Å². The van der Waals surface area contributed by atoms with Gasteiger partial charge in [-0.3, -0.25) is 4.57 Å². The highest BCUT2D eigenvalue weighted by Gasteiger charge is 2.25. The van der Waals surface area contributed by atoms with E-state index in [2.05, 4.69) is 218 Å². The van der Waals surface area contributed by atoms with Gasteiger partial charge in [0.05, 0.1) is 44.1 Å². The molecule has 0 aliphatic rings. The lowest BCUT2D eigenvalue weighted by Crippen LogP contribution is -2.06. The van der Waals surface area contributed by atoms with Crippen LogP contribution in [0.3, 0.4) is 0 Å². The largest absolute Gasteiger partial charge is 0.308 e. The molecule has 7 heteroatoms. The molecule has 5 aromatic heterocycles. The van der Waals surface area contributed by atoms with Gasteiger partial charge in [0.25, 0.3) is 0 Å². The Labute approximate surface area is 401 Å². The van der Waals surface area contributed by atoms with Gasteiger partial charge in [-0.25, -0.2) is 4.98 Å². The number of hydrogen-bond donors (Lipinski definition) is 0. The third-order valence-electron chi connectivity index (χ3n) is 14.2. The van der Waals surface area contributed by atoms with Gasteiger partial charge in [0, 0.05) is 71.3 Å². The molecule has 0 atom stereocenters. The van der Waals surface area contributed by atoms with Gasteiger partial charge in [-0.05, 0) is 60.7 Å². The molecule has 0 saturated heterocycles. The summed E-state index contributed by atoms with van der Waals surface area (Å²) in [5.41, 5.74) is 14.1. The highest BCUT2D eigenvalue weighted by molar-refractivity contribution is 6.27. The lowest BCUT2D eigenvalue weighted by molar-refractivity contribution is 0.953. The molecule has 0 aliphatic heterocycles. The van der Waals surface area contributed by atoms with E-state index in [1.165, 1.54) is 48.9 Å². The minimum Gasteiger partial charge on any atom is -0.308 e. The van der Waals surface area contributed by atoms with Crippen molar-refractivity contribution in [2.45, 2.75) is 0 Å². The molecule has 15 rings (SSSR count). The van der Waals surface area contributed by atoms with Crippen molar-refractivity contribution in [3.8, 4) is 45.8 Å². The van der Waals surface area contributed by atoms with Crippen LogP contribution >= 0.6 is 0 Å². The number of rotatable bonds is 6. The first-order valence-electron chi connectivity index (χ1n) is 23.7. The molecule has 0 saturated carbocycles. The summed E-state index contributed by atoms with van der Waals surface area (Å²) in [7, 11) is 0. The van der Waals surface area contributed by atoms with Crippen LogP contribution in [0.2, 0.25) is 0 Å². The smallest absolute Gasteiger partial charge is 0.238 e. The molecule has 5 heterocycles. The van der Waals surface area contributed by atoms with E-state index in [4.69, 9.17) is 15.0 Å². The van der Waals surface area contributed by atoms with E-state index in [1.54, 1.807) is 0 Å². The topological polar surface area (TPSA) is 58.4 Å². The number of nitrogens with zero attached hydrogens (tertiary/aromatic N) is 7. The molecule has 0 radical (unpaired) electrons. The van der Waals surface area contributed by atoms with E-state index < -0.39 is 0 Å². The summed E-state index contributed by atoms with van der Waals surface area (Å²) in [6, 6.07) is 84.4. The zero-order chi connectivity index (χ0) is 45.9. The minimum atomic E-state index is 0.563. The number of hydrogen-bond acceptors (Lipinski definition) is 3. The van der Waals surface area contributed by atoms with Gasteiger partial charge in [0.2, 0.25) is 5.95 Å². The van der Waals surface area contributed by atoms with Gasteiger partial charge in [-0.15, -0.1) is 0 Å². The first-order chi connectivity index (χ1) is 34.8. The SMILES string of the molecule is c1ccc(-c2nc(-c3ccccc3)nc(-n3c4ccccc4c4c3ccc3c5ccccc5n(-c5cccc(-n6c7ccccc7c7ccc8c9ccccc9n(-c9ccccc9)c8c76)c5)c34)n2)cc1. The molecular formula is C63H39N7. The minimum absolute atomic E-state index is 0.563. The lowest BCUT2D eigenvalue weighted by atomic mass is 10.1. The van der Waals surface area contributed by atoms with E-state index in [0.29, 0.717) is 17.6 Å². The quantitative estimate of drug-likeness (QED) is 0.167. The second-order valence-corrected chi connectivity index (χ2v) is 18.0. The highest BCUT2D eigenvalue weighted by atomic mass is 15.2. The van der Waals surface area contributed by atoms with Gasteiger partial charge >= 0.3 is 0 Å². The molecule has 326 valence electrons. The average molecular weight is 894 g/mol. The van der Waals surface area contributed by atoms with Gasteiger partial charge in [0.1, 0.15) is 0 Å². The summed E-state index contributed by atoms with van der Waals surface area (Å²) in [5.74, 6) is 1.80. The predicted molar refractivity (Wildman–Crippen MR) is 288 cm³/mol. The Morgan fingerprint density at radius 3 is 1.16 bits per heavy atom. The second kappa shape index (κ2) is 15.0. The predicted octanol–water partition coefficient (Wildman–Crippen LogP) is 15.6. The monoisotopic (exact) mass is 893 g/mol. The van der Waals surface area contributed by atoms with Crippen molar-refractivity contribution in [1.82, 2.24) is 33.2 Å². The summed E-state index contributed by atoms with van der Waals surface area (Å²) in [6.07, 6.45) is 0. The van der Waals surface area contributed by atoms with Crippen molar-refractivity contribution < 1.29 is 0 Å². The van der Waals surface area contributed by atoms with E-state index in [-0.39, 0.29) is 0 Å². The molecule has 0 amide bonds. The van der Waals surface area contributed by atoms with Crippen molar-refractivity contribution >= 4 is 87.2 Å². The van der Waals surface area contributed by atoms with E-state index in [0.717, 1.165) is 66.5 Å². The van der Waals surface area contributed by atoms with Crippen molar-refractivity contribution in [2.24, 2.45) is 0 Å². The number of para-hydroxylation sites is 5. The maximum Gasteiger partial charge on any atom is 0.238 e. The third-order valence-corrected chi connectivity index (χ3v) is 14.2. The second-order valence-electron chi connectivity index (χ2n) is 18.0. The summed E-state index contributed by atoms with van der Waals surface area (Å²) >= 11 is 0. The Morgan fingerprint density at radius 2 is 0.629 bits per heavy atom. The zero-order valence-corrected chi connectivity index (χ0v) is 37.6. The molecule has 10 aromatic carbocycles. The number of benzene rings is 10. The Morgan fingerprint density at radius 1 is 0.243 bits per heavy atom. The Balaban J connectivity index is 1.03. The maximum atomic E-state index is 5.26. The van der Waals surface area contributed by atoms with Gasteiger partial charge in [0.15, 0.2) is 11.6 Å². The molecule has 7 nitrogen and oxygen atoms in total. The van der Waals surface area contributed by atoms with Gasteiger partial charge in [-0.1, -0.05) is 176 Å². The van der Waals surface area contributed by atoms with Crippen molar-refractivity contribution in [3.05, 3.63) is 237 Å². The van der Waals surface area contributed by atoms with E-state index in [1.807, 2.05) is 36.4 Å². The van der Waals surface area contributed by atoms with Crippen LogP contribution in [0.4, 0.5) is 0 Å². The van der Waals surface area contributed by atoms with Crippen LogP contribution in [0.15, 0.2) is 237 Å². The summed E-state index contributed by atoms with van der Waals surface area (Å²) in [6.45, 7) is 0. The Kier molecular flexibility index (Phi) is 8.23. The van der Waals surface area contributed by atoms with Gasteiger partial charge < -0.3 is 13.7 Å². The maximum absolute atomic E-state index is 5.26. The third kappa shape index (κ3) is 5.54. The molecule has 15 aromatic rings. The van der Waals surface area contributed by atoms with E-state index >= 15 is 0 Å². The fourth-order valence-electron chi connectivity index (χ4n) is 11.3. The Hall–Kier alpha value is -9.59. The molecule has 0 fully saturated rings. The summed E-state index contributed by atoms with van der Waals surface area (Å²) < 4.78 is 9.62. The van der Waals surface area contributed by atoms with Crippen LogP contribution in [0.1, 0.15) is 0 Å². The van der Waals surface area contributed by atoms with Crippen LogP contribution in [-0.4, -0.2) is 33.2 Å². The fraction of sp³-hybridized carbons (Fsp3) is 0. The van der Waals surface area contributed by atoms with Gasteiger partial charge in [-0.2, -0.15) is 9.97 Å². The first-order valence-corrected chi connectivity index (χ1v) is 23.7. The molecular weight excluding hydrogens is 855 g/mol. The molecule has 70 heavy (non-hydrogen) atoms. The van der Waals surface area contributed by atoms with Crippen LogP contribution in [-0.2, 0) is 0 Å². The molecule has 0 aliphatic carbocycles. The van der Waals surface area contributed by atoms with Crippen LogP contribution < -0.4 is 0 Å². The number of aromatic nitrogens is 7. The molecule has 0 N–H and O–H groups in total. The average Bonchev–Trinajstić information content (AvgIpc) is 4.17. The fourth-order valence-corrected chi connectivity index (χ4v) is 11.3. The first kappa shape index (κ1) is 38.5. The van der Waals surface area contributed by atoms with Crippen molar-refractivity contribution in [2.75, 3.05) is 0 Å². The standard InChI is InChI=1S/C63H39N7/c1-4-19-40(20-5-1)61-64-62(41-21-6-2-7-22-41)66-63(65-61)70-55-34-17-13-30-51(55)57-56(70)38-37-48-45-27-10-15-32-53(45)68(58(48)57)43-25-18-26-44(39-43)69-54-33-16-12-29-47(54)50-36-35-49-46-28-11-14-31-52(46)67(59(49)60(50)69)42-23-8-3-9-24-42/h1-39H. The summed E-state index contributed by atoms with van der Waals surface area (Å²) in [4.78, 5) is 15.6. The van der Waals surface area contributed by atoms with Crippen LogP contribution in [0.25, 0.3) is 133 Å². The molecule has 0 spiro atoms. The van der Waals surface area contributed by atoms with Crippen LogP contribution in [0.5, 0.6) is 0 Å². The highest BCUT2D eigenvalue weighted by Crippen LogP contribution is 2.44. The van der Waals surface area contributed by atoms with Crippen molar-refractivity contribution in [1.29, 1.82) is 0 Å². The zero-order valence-electron chi connectivity index (χ0n) is 37.6. The Bertz CT molecular complexity index is 4520. The van der Waals surface area contributed by atoms with Crippen molar-refractivity contribution in [3.63, 3.8) is 0 Å². The van der Waals surface area contributed by atoms with E-state index in [9.17, 15) is 0 Å². The molecule has 0 bridgehead atoms. The summed E-state index contributed by atoms with van der Waals surface area (Å²) in [5, 5.41) is 9.48. The number of fused-ring (bicyclic) bond motifs is 14. The normalized spacial score (nSPS) is 12.0.